The van der Waals surface area contributed by atoms with Gasteiger partial charge in [0.05, 0.1) is 18.8 Å². The molecule has 0 heterocycles. The van der Waals surface area contributed by atoms with Gasteiger partial charge in [0.2, 0.25) is 0 Å². The molecule has 1 aromatic carbocycles. The number of aliphatic hydroxyl groups is 2. The topological polar surface area (TPSA) is 52.5 Å². The molecule has 3 nitrogen and oxygen atoms in total. The van der Waals surface area contributed by atoms with Crippen LogP contribution in [0.2, 0.25) is 5.02 Å². The number of hydrogen-bond acceptors (Lipinski definition) is 3. The molecule has 0 atom stereocenters. The van der Waals surface area contributed by atoms with Crippen LogP contribution in [0.1, 0.15) is 12.5 Å². The largest absolute Gasteiger partial charge is 0.394 e. The Labute approximate surface area is 109 Å². The second kappa shape index (κ2) is 5.98. The minimum atomic E-state index is -0.684. The van der Waals surface area contributed by atoms with Crippen molar-refractivity contribution < 1.29 is 10.2 Å². The van der Waals surface area contributed by atoms with Gasteiger partial charge in [-0.25, -0.2) is 0 Å². The molecule has 0 aliphatic carbocycles. The zero-order chi connectivity index (χ0) is 12.2. The van der Waals surface area contributed by atoms with Crippen LogP contribution in [0.3, 0.4) is 0 Å². The van der Waals surface area contributed by atoms with Crippen molar-refractivity contribution in [3.8, 4) is 0 Å². The third-order valence-corrected chi connectivity index (χ3v) is 3.26. The highest BCUT2D eigenvalue weighted by Gasteiger charge is 2.21. The Balaban J connectivity index is 2.67. The lowest BCUT2D eigenvalue weighted by atomic mass is 10.0. The first-order chi connectivity index (χ1) is 7.50. The summed E-state index contributed by atoms with van der Waals surface area (Å²) in [7, 11) is 0. The molecular weight excluding hydrogens is 293 g/mol. The summed E-state index contributed by atoms with van der Waals surface area (Å²) in [6, 6.07) is 5.61. The first-order valence-corrected chi connectivity index (χ1v) is 6.08. The number of benzene rings is 1. The fourth-order valence-corrected chi connectivity index (χ4v) is 1.88. The molecule has 1 rings (SSSR count). The van der Waals surface area contributed by atoms with Crippen molar-refractivity contribution in [1.82, 2.24) is 5.32 Å². The summed E-state index contributed by atoms with van der Waals surface area (Å²) < 4.78 is 0.924. The Morgan fingerprint density at radius 1 is 1.38 bits per heavy atom. The van der Waals surface area contributed by atoms with E-state index in [0.717, 1.165) is 10.0 Å². The molecule has 0 aliphatic heterocycles. The highest BCUT2D eigenvalue weighted by Crippen LogP contribution is 2.21. The quantitative estimate of drug-likeness (QED) is 0.779. The lowest BCUT2D eigenvalue weighted by Gasteiger charge is -2.26. The van der Waals surface area contributed by atoms with Crippen molar-refractivity contribution in [3.63, 3.8) is 0 Å². The Morgan fingerprint density at radius 3 is 2.50 bits per heavy atom. The maximum Gasteiger partial charge on any atom is 0.0633 e. The van der Waals surface area contributed by atoms with Crippen LogP contribution in [-0.2, 0) is 6.54 Å². The summed E-state index contributed by atoms with van der Waals surface area (Å²) in [4.78, 5) is 0. The Morgan fingerprint density at radius 2 is 2.00 bits per heavy atom. The molecule has 16 heavy (non-hydrogen) atoms. The fraction of sp³-hybridized carbons (Fsp3) is 0.455. The summed E-state index contributed by atoms with van der Waals surface area (Å²) in [5.74, 6) is 0. The summed E-state index contributed by atoms with van der Waals surface area (Å²) in [5, 5.41) is 22.0. The van der Waals surface area contributed by atoms with E-state index in [1.807, 2.05) is 18.2 Å². The molecule has 0 unspecified atom stereocenters. The van der Waals surface area contributed by atoms with Crippen molar-refractivity contribution in [3.05, 3.63) is 33.3 Å². The minimum Gasteiger partial charge on any atom is -0.394 e. The van der Waals surface area contributed by atoms with E-state index in [0.29, 0.717) is 11.6 Å². The minimum absolute atomic E-state index is 0.127. The fourth-order valence-electron chi connectivity index (χ4n) is 1.14. The molecule has 0 saturated heterocycles. The first kappa shape index (κ1) is 13.9. The van der Waals surface area contributed by atoms with E-state index in [4.69, 9.17) is 21.8 Å². The normalized spacial score (nSPS) is 11.8. The van der Waals surface area contributed by atoms with E-state index in [1.165, 1.54) is 0 Å². The van der Waals surface area contributed by atoms with Crippen LogP contribution < -0.4 is 5.32 Å². The predicted molar refractivity (Wildman–Crippen MR) is 68.6 cm³/mol. The third kappa shape index (κ3) is 3.71. The van der Waals surface area contributed by atoms with Crippen LogP contribution in [0, 0.1) is 0 Å². The Hall–Kier alpha value is -0.130. The molecule has 0 radical (unpaired) electrons. The highest BCUT2D eigenvalue weighted by atomic mass is 79.9. The van der Waals surface area contributed by atoms with Gasteiger partial charge in [-0.2, -0.15) is 0 Å². The molecule has 0 fully saturated rings. The molecule has 0 amide bonds. The van der Waals surface area contributed by atoms with E-state index >= 15 is 0 Å². The van der Waals surface area contributed by atoms with E-state index in [-0.39, 0.29) is 13.2 Å². The van der Waals surface area contributed by atoms with Crippen molar-refractivity contribution in [1.29, 1.82) is 0 Å². The van der Waals surface area contributed by atoms with Gasteiger partial charge in [-0.1, -0.05) is 33.6 Å². The molecular formula is C11H15BrClNO2. The third-order valence-electron chi connectivity index (χ3n) is 2.42. The van der Waals surface area contributed by atoms with Crippen LogP contribution in [0.25, 0.3) is 0 Å². The first-order valence-electron chi connectivity index (χ1n) is 4.91. The summed E-state index contributed by atoms with van der Waals surface area (Å²) >= 11 is 9.38. The summed E-state index contributed by atoms with van der Waals surface area (Å²) in [6.45, 7) is 2.00. The molecule has 0 saturated carbocycles. The lowest BCUT2D eigenvalue weighted by Crippen LogP contribution is -2.48. The van der Waals surface area contributed by atoms with E-state index in [1.54, 1.807) is 6.92 Å². The van der Waals surface area contributed by atoms with Gasteiger partial charge in [-0.3, -0.25) is 0 Å². The zero-order valence-electron chi connectivity index (χ0n) is 9.00. The SMILES string of the molecule is CC(CO)(CO)NCc1ccc(Br)cc1Cl. The van der Waals surface area contributed by atoms with Crippen molar-refractivity contribution in [2.45, 2.75) is 19.0 Å². The number of halogens is 2. The lowest BCUT2D eigenvalue weighted by molar-refractivity contribution is 0.103. The number of nitrogens with one attached hydrogen (secondary N) is 1. The maximum atomic E-state index is 9.11. The molecule has 0 aromatic heterocycles. The van der Waals surface area contributed by atoms with E-state index in [2.05, 4.69) is 21.2 Å². The average molecular weight is 309 g/mol. The van der Waals surface area contributed by atoms with Crippen molar-refractivity contribution in [2.75, 3.05) is 13.2 Å². The van der Waals surface area contributed by atoms with Crippen LogP contribution in [0.4, 0.5) is 0 Å². The van der Waals surface area contributed by atoms with Gasteiger partial charge in [-0.15, -0.1) is 0 Å². The monoisotopic (exact) mass is 307 g/mol. The van der Waals surface area contributed by atoms with Gasteiger partial charge in [-0.05, 0) is 24.6 Å². The standard InChI is InChI=1S/C11H15BrClNO2/c1-11(6-15,7-16)14-5-8-2-3-9(12)4-10(8)13/h2-4,14-16H,5-7H2,1H3. The summed E-state index contributed by atoms with van der Waals surface area (Å²) in [5.41, 5.74) is 0.245. The van der Waals surface area contributed by atoms with Crippen LogP contribution in [0.15, 0.2) is 22.7 Å². The predicted octanol–water partition coefficient (Wildman–Crippen LogP) is 1.94. The van der Waals surface area contributed by atoms with Crippen molar-refractivity contribution >= 4 is 27.5 Å². The number of hydrogen-bond donors (Lipinski definition) is 3. The number of aliphatic hydroxyl groups excluding tert-OH is 2. The molecule has 0 aliphatic rings. The maximum absolute atomic E-state index is 9.11. The van der Waals surface area contributed by atoms with Crippen LogP contribution in [-0.4, -0.2) is 29.0 Å². The van der Waals surface area contributed by atoms with Gasteiger partial charge in [0.25, 0.3) is 0 Å². The van der Waals surface area contributed by atoms with Gasteiger partial charge in [0, 0.05) is 16.0 Å². The van der Waals surface area contributed by atoms with Crippen LogP contribution in [0.5, 0.6) is 0 Å². The average Bonchev–Trinajstić information content (AvgIpc) is 2.27. The second-order valence-corrected chi connectivity index (χ2v) is 5.29. The number of rotatable bonds is 5. The molecule has 5 heteroatoms. The molecule has 90 valence electrons. The molecule has 0 bridgehead atoms. The Bertz CT molecular complexity index is 356. The molecule has 3 N–H and O–H groups in total. The second-order valence-electron chi connectivity index (χ2n) is 3.97. The highest BCUT2D eigenvalue weighted by molar-refractivity contribution is 9.10. The van der Waals surface area contributed by atoms with Gasteiger partial charge >= 0.3 is 0 Å². The van der Waals surface area contributed by atoms with Gasteiger partial charge in [0.1, 0.15) is 0 Å². The van der Waals surface area contributed by atoms with Crippen LogP contribution >= 0.6 is 27.5 Å². The van der Waals surface area contributed by atoms with Crippen molar-refractivity contribution in [2.24, 2.45) is 0 Å². The smallest absolute Gasteiger partial charge is 0.0633 e. The van der Waals surface area contributed by atoms with Gasteiger partial charge in [0.15, 0.2) is 0 Å². The van der Waals surface area contributed by atoms with E-state index in [9.17, 15) is 0 Å². The Kier molecular flexibility index (Phi) is 5.21. The molecule has 0 spiro atoms. The van der Waals surface area contributed by atoms with E-state index < -0.39 is 5.54 Å². The molecule has 1 aromatic rings. The summed E-state index contributed by atoms with van der Waals surface area (Å²) in [6.07, 6.45) is 0. The zero-order valence-corrected chi connectivity index (χ0v) is 11.3. The van der Waals surface area contributed by atoms with Gasteiger partial charge < -0.3 is 15.5 Å².